The van der Waals surface area contributed by atoms with Crippen LogP contribution in [0.15, 0.2) is 66.7 Å². The first kappa shape index (κ1) is 22.1. The van der Waals surface area contributed by atoms with Gasteiger partial charge in [-0.1, -0.05) is 48.0 Å². The Bertz CT molecular complexity index is 1140. The van der Waals surface area contributed by atoms with Crippen molar-refractivity contribution < 1.29 is 9.59 Å². The van der Waals surface area contributed by atoms with E-state index in [-0.39, 0.29) is 24.4 Å². The molecule has 1 saturated heterocycles. The normalized spacial score (nSPS) is 15.8. The Hall–Kier alpha value is -3.74. The van der Waals surface area contributed by atoms with Crippen molar-refractivity contribution in [1.82, 2.24) is 20.0 Å². The van der Waals surface area contributed by atoms with Crippen molar-refractivity contribution in [1.29, 1.82) is 0 Å². The zero-order valence-electron chi connectivity index (χ0n) is 19.4. The molecule has 1 aromatic heterocycles. The Morgan fingerprint density at radius 3 is 2.21 bits per heavy atom. The molecule has 1 aliphatic heterocycles. The van der Waals surface area contributed by atoms with Crippen LogP contribution >= 0.6 is 0 Å². The number of hydrogen-bond acceptors (Lipinski definition) is 5. The largest absolute Gasteiger partial charge is 0.352 e. The van der Waals surface area contributed by atoms with Gasteiger partial charge in [-0.2, -0.15) is 0 Å². The molecule has 0 atom stereocenters. The van der Waals surface area contributed by atoms with E-state index in [1.54, 1.807) is 4.90 Å². The summed E-state index contributed by atoms with van der Waals surface area (Å²) >= 11 is 0. The molecule has 7 nitrogen and oxygen atoms in total. The van der Waals surface area contributed by atoms with E-state index >= 15 is 0 Å². The number of aromatic nitrogens is 2. The summed E-state index contributed by atoms with van der Waals surface area (Å²) in [5.41, 5.74) is 3.64. The second-order valence-electron chi connectivity index (χ2n) is 9.04. The molecule has 5 rings (SSSR count). The number of hydrogen-bond donors (Lipinski definition) is 0. The fourth-order valence-electron chi connectivity index (χ4n) is 4.30. The molecule has 1 saturated carbocycles. The molecule has 7 heteroatoms. The van der Waals surface area contributed by atoms with Gasteiger partial charge in [-0.05, 0) is 44.0 Å². The smallest absolute Gasteiger partial charge is 0.254 e. The molecular weight excluding hydrogens is 426 g/mol. The molecule has 2 heterocycles. The summed E-state index contributed by atoms with van der Waals surface area (Å²) in [5.74, 6) is 0.779. The second-order valence-corrected chi connectivity index (χ2v) is 9.04. The summed E-state index contributed by atoms with van der Waals surface area (Å²) in [6, 6.07) is 21.7. The van der Waals surface area contributed by atoms with Gasteiger partial charge >= 0.3 is 0 Å². The molecule has 0 N–H and O–H groups in total. The average Bonchev–Trinajstić information content (AvgIpc) is 3.73. The molecule has 2 aromatic carbocycles. The summed E-state index contributed by atoms with van der Waals surface area (Å²) in [4.78, 5) is 31.9. The van der Waals surface area contributed by atoms with E-state index in [4.69, 9.17) is 0 Å². The lowest BCUT2D eigenvalue weighted by Crippen LogP contribution is -2.52. The molecule has 174 valence electrons. The van der Waals surface area contributed by atoms with Gasteiger partial charge in [0.25, 0.3) is 5.91 Å². The third-order valence-corrected chi connectivity index (χ3v) is 6.53. The highest BCUT2D eigenvalue weighted by Crippen LogP contribution is 2.28. The number of piperazine rings is 1. The van der Waals surface area contributed by atoms with Gasteiger partial charge in [-0.3, -0.25) is 9.59 Å². The van der Waals surface area contributed by atoms with Gasteiger partial charge in [0.15, 0.2) is 5.82 Å². The van der Waals surface area contributed by atoms with Crippen molar-refractivity contribution in [3.05, 3.63) is 77.9 Å². The van der Waals surface area contributed by atoms with Crippen LogP contribution < -0.4 is 4.90 Å². The van der Waals surface area contributed by atoms with E-state index in [9.17, 15) is 9.59 Å². The van der Waals surface area contributed by atoms with Gasteiger partial charge in [0.1, 0.15) is 6.54 Å². The minimum atomic E-state index is -0.0525. The van der Waals surface area contributed by atoms with Crippen LogP contribution in [0.1, 0.15) is 28.8 Å². The molecule has 0 bridgehead atoms. The lowest BCUT2D eigenvalue weighted by Gasteiger charge is -2.36. The van der Waals surface area contributed by atoms with Crippen molar-refractivity contribution in [2.45, 2.75) is 25.8 Å². The predicted octanol–water partition coefficient (Wildman–Crippen LogP) is 3.41. The fraction of sp³-hybridized carbons (Fsp3) is 0.333. The Morgan fingerprint density at radius 1 is 0.882 bits per heavy atom. The zero-order valence-corrected chi connectivity index (χ0v) is 19.4. The summed E-state index contributed by atoms with van der Waals surface area (Å²) in [5, 5.41) is 8.79. The van der Waals surface area contributed by atoms with Gasteiger partial charge < -0.3 is 14.7 Å². The first-order valence-electron chi connectivity index (χ1n) is 11.9. The maximum Gasteiger partial charge on any atom is 0.254 e. The molecule has 0 unspecified atom stereocenters. The van der Waals surface area contributed by atoms with E-state index in [0.717, 1.165) is 35.5 Å². The van der Waals surface area contributed by atoms with Crippen molar-refractivity contribution in [3.8, 4) is 11.3 Å². The molecule has 3 aromatic rings. The second kappa shape index (κ2) is 9.63. The topological polar surface area (TPSA) is 69.6 Å². The lowest BCUT2D eigenvalue weighted by molar-refractivity contribution is -0.132. The molecular formula is C27H29N5O2. The number of amides is 2. The quantitative estimate of drug-likeness (QED) is 0.570. The number of benzene rings is 2. The van der Waals surface area contributed by atoms with Crippen molar-refractivity contribution in [2.75, 3.05) is 37.6 Å². The Morgan fingerprint density at radius 2 is 1.59 bits per heavy atom. The Kier molecular flexibility index (Phi) is 6.25. The van der Waals surface area contributed by atoms with Crippen molar-refractivity contribution in [3.63, 3.8) is 0 Å². The standard InChI is InChI=1S/C27H29N5O2/c1-20-7-9-22(10-8-20)27(34)32(23-11-12-23)19-26(33)31-17-15-30(16-18-31)25-14-13-24(28-29-25)21-5-3-2-4-6-21/h2-10,13-14,23H,11-12,15-19H2,1H3. The summed E-state index contributed by atoms with van der Waals surface area (Å²) in [7, 11) is 0. The lowest BCUT2D eigenvalue weighted by atomic mass is 10.1. The highest BCUT2D eigenvalue weighted by atomic mass is 16.2. The summed E-state index contributed by atoms with van der Waals surface area (Å²) in [6.07, 6.45) is 1.94. The van der Waals surface area contributed by atoms with Gasteiger partial charge in [-0.25, -0.2) is 0 Å². The van der Waals surface area contributed by atoms with Gasteiger partial charge in [-0.15, -0.1) is 10.2 Å². The average molecular weight is 456 g/mol. The summed E-state index contributed by atoms with van der Waals surface area (Å²) < 4.78 is 0. The third-order valence-electron chi connectivity index (χ3n) is 6.53. The zero-order chi connectivity index (χ0) is 23.5. The number of nitrogens with zero attached hydrogens (tertiary/aromatic N) is 5. The van der Waals surface area contributed by atoms with E-state index in [1.165, 1.54) is 0 Å². The van der Waals surface area contributed by atoms with Crippen LogP contribution in [-0.4, -0.2) is 70.6 Å². The molecule has 0 spiro atoms. The number of carbonyl (C=O) groups excluding carboxylic acids is 2. The minimum Gasteiger partial charge on any atom is -0.352 e. The third kappa shape index (κ3) is 4.93. The van der Waals surface area contributed by atoms with Crippen LogP contribution in [0.3, 0.4) is 0 Å². The molecule has 0 radical (unpaired) electrons. The van der Waals surface area contributed by atoms with E-state index in [1.807, 2.05) is 78.6 Å². The first-order chi connectivity index (χ1) is 16.6. The highest BCUT2D eigenvalue weighted by molar-refractivity contribution is 5.97. The van der Waals surface area contributed by atoms with Crippen LogP contribution in [0.4, 0.5) is 5.82 Å². The summed E-state index contributed by atoms with van der Waals surface area (Å²) in [6.45, 7) is 4.75. The SMILES string of the molecule is Cc1ccc(C(=O)N(CC(=O)N2CCN(c3ccc(-c4ccccc4)nn3)CC2)C2CC2)cc1. The minimum absolute atomic E-state index is 0.0116. The number of carbonyl (C=O) groups is 2. The van der Waals surface area contributed by atoms with Gasteiger partial charge in [0, 0.05) is 43.3 Å². The van der Waals surface area contributed by atoms with Crippen molar-refractivity contribution >= 4 is 17.6 Å². The molecule has 2 amide bonds. The number of aryl methyl sites for hydroxylation is 1. The molecule has 2 aliphatic rings. The van der Waals surface area contributed by atoms with Crippen LogP contribution in [0.5, 0.6) is 0 Å². The van der Waals surface area contributed by atoms with Crippen LogP contribution in [0, 0.1) is 6.92 Å². The van der Waals surface area contributed by atoms with E-state index in [2.05, 4.69) is 15.1 Å². The maximum atomic E-state index is 13.1. The highest BCUT2D eigenvalue weighted by Gasteiger charge is 2.35. The van der Waals surface area contributed by atoms with Crippen LogP contribution in [-0.2, 0) is 4.79 Å². The maximum absolute atomic E-state index is 13.1. The Labute approximate surface area is 200 Å². The predicted molar refractivity (Wildman–Crippen MR) is 131 cm³/mol. The molecule has 1 aliphatic carbocycles. The first-order valence-corrected chi connectivity index (χ1v) is 11.9. The van der Waals surface area contributed by atoms with Gasteiger partial charge in [0.2, 0.25) is 5.91 Å². The van der Waals surface area contributed by atoms with E-state index in [0.29, 0.717) is 31.7 Å². The fourth-order valence-corrected chi connectivity index (χ4v) is 4.30. The molecule has 2 fully saturated rings. The number of anilines is 1. The number of rotatable bonds is 6. The Balaban J connectivity index is 1.17. The van der Waals surface area contributed by atoms with E-state index < -0.39 is 0 Å². The monoisotopic (exact) mass is 455 g/mol. The molecule has 34 heavy (non-hydrogen) atoms. The van der Waals surface area contributed by atoms with Crippen molar-refractivity contribution in [2.24, 2.45) is 0 Å². The van der Waals surface area contributed by atoms with Crippen LogP contribution in [0.25, 0.3) is 11.3 Å². The van der Waals surface area contributed by atoms with Gasteiger partial charge in [0.05, 0.1) is 5.69 Å². The van der Waals surface area contributed by atoms with Crippen LogP contribution in [0.2, 0.25) is 0 Å².